The lowest BCUT2D eigenvalue weighted by molar-refractivity contribution is 0.367. The molecule has 0 amide bonds. The molecule has 0 aromatic heterocycles. The molecule has 1 nitrogen and oxygen atoms in total. The molecule has 0 saturated carbocycles. The second kappa shape index (κ2) is 12.5. The van der Waals surface area contributed by atoms with Gasteiger partial charge < -0.3 is 4.90 Å². The van der Waals surface area contributed by atoms with E-state index in [1.54, 1.807) is 0 Å². The van der Waals surface area contributed by atoms with Crippen LogP contribution in [0.5, 0.6) is 0 Å². The molecular formula is C28H41N. The minimum atomic E-state index is 0.495. The summed E-state index contributed by atoms with van der Waals surface area (Å²) in [5.41, 5.74) is 6.69. The Morgan fingerprint density at radius 3 is 2.59 bits per heavy atom. The second-order valence-electron chi connectivity index (χ2n) is 8.40. The zero-order chi connectivity index (χ0) is 21.1. The molecule has 0 N–H and O–H groups in total. The van der Waals surface area contributed by atoms with E-state index in [1.165, 1.54) is 53.7 Å². The summed E-state index contributed by atoms with van der Waals surface area (Å²) in [4.78, 5) is 2.50. The van der Waals surface area contributed by atoms with Crippen molar-refractivity contribution in [2.45, 2.75) is 72.6 Å². The van der Waals surface area contributed by atoms with Crippen LogP contribution in [-0.4, -0.2) is 18.0 Å². The molecule has 0 radical (unpaired) electrons. The van der Waals surface area contributed by atoms with Gasteiger partial charge in [-0.3, -0.25) is 0 Å². The molecule has 1 aliphatic carbocycles. The third-order valence-electron chi connectivity index (χ3n) is 5.94. The molecule has 1 unspecified atom stereocenters. The average molecular weight is 392 g/mol. The molecule has 1 saturated heterocycles. The fourth-order valence-corrected chi connectivity index (χ4v) is 3.98. The fraction of sp³-hybridized carbons (Fsp3) is 0.500. The Morgan fingerprint density at radius 1 is 1.21 bits per heavy atom. The Balaban J connectivity index is 2.06. The highest BCUT2D eigenvalue weighted by Crippen LogP contribution is 2.25. The smallest absolute Gasteiger partial charge is 0.0363 e. The lowest BCUT2D eigenvalue weighted by atomic mass is 9.91. The van der Waals surface area contributed by atoms with Crippen molar-refractivity contribution in [2.24, 2.45) is 5.92 Å². The Bertz CT molecular complexity index is 715. The van der Waals surface area contributed by atoms with Crippen LogP contribution < -0.4 is 0 Å². The van der Waals surface area contributed by atoms with Crippen LogP contribution in [0, 0.1) is 5.92 Å². The van der Waals surface area contributed by atoms with Crippen LogP contribution in [0.3, 0.4) is 0 Å². The maximum absolute atomic E-state index is 4.47. The number of nitrogens with zero attached hydrogens (tertiary/aromatic N) is 1. The van der Waals surface area contributed by atoms with Crippen molar-refractivity contribution in [1.82, 2.24) is 4.90 Å². The number of hydrogen-bond acceptors (Lipinski definition) is 1. The van der Waals surface area contributed by atoms with E-state index in [-0.39, 0.29) is 0 Å². The SMILES string of the molecule is C=C(C(/C=C\CC)=C/CCC(=C/C)/C=C1/C=C(C)C=CC1C)N1CCCCCC1. The van der Waals surface area contributed by atoms with Gasteiger partial charge in [0.15, 0.2) is 0 Å². The van der Waals surface area contributed by atoms with E-state index in [4.69, 9.17) is 0 Å². The molecule has 1 aliphatic heterocycles. The molecule has 29 heavy (non-hydrogen) atoms. The van der Waals surface area contributed by atoms with Crippen LogP contribution in [0.4, 0.5) is 0 Å². The van der Waals surface area contributed by atoms with Gasteiger partial charge in [-0.25, -0.2) is 0 Å². The predicted octanol–water partition coefficient (Wildman–Crippen LogP) is 8.07. The third kappa shape index (κ3) is 7.72. The lowest BCUT2D eigenvalue weighted by Gasteiger charge is -2.26. The Hall–Kier alpha value is -2.02. The number of rotatable bonds is 8. The van der Waals surface area contributed by atoms with Crippen molar-refractivity contribution in [1.29, 1.82) is 0 Å². The van der Waals surface area contributed by atoms with E-state index in [2.05, 4.69) is 87.8 Å². The highest BCUT2D eigenvalue weighted by Gasteiger charge is 2.13. The van der Waals surface area contributed by atoms with Gasteiger partial charge in [-0.15, -0.1) is 0 Å². The maximum atomic E-state index is 4.47. The van der Waals surface area contributed by atoms with Crippen molar-refractivity contribution in [2.75, 3.05) is 13.1 Å². The van der Waals surface area contributed by atoms with E-state index in [0.717, 1.165) is 32.4 Å². The number of likely N-dealkylation sites (tertiary alicyclic amines) is 1. The molecule has 2 aliphatic rings. The van der Waals surface area contributed by atoms with Crippen LogP contribution in [-0.2, 0) is 0 Å². The number of hydrogen-bond donors (Lipinski definition) is 0. The van der Waals surface area contributed by atoms with Gasteiger partial charge in [-0.1, -0.05) is 93.0 Å². The van der Waals surface area contributed by atoms with Gasteiger partial charge >= 0.3 is 0 Å². The largest absolute Gasteiger partial charge is 0.372 e. The van der Waals surface area contributed by atoms with Crippen molar-refractivity contribution in [3.8, 4) is 0 Å². The molecule has 1 heterocycles. The zero-order valence-electron chi connectivity index (χ0n) is 19.2. The first-order valence-corrected chi connectivity index (χ1v) is 11.6. The van der Waals surface area contributed by atoms with Gasteiger partial charge in [0.05, 0.1) is 0 Å². The van der Waals surface area contributed by atoms with E-state index in [1.807, 2.05) is 0 Å². The van der Waals surface area contributed by atoms with Crippen LogP contribution in [0.25, 0.3) is 0 Å². The molecule has 1 atom stereocenters. The normalized spacial score (nSPS) is 22.9. The zero-order valence-corrected chi connectivity index (χ0v) is 19.2. The van der Waals surface area contributed by atoms with Crippen LogP contribution in [0.2, 0.25) is 0 Å². The van der Waals surface area contributed by atoms with Crippen LogP contribution in [0.1, 0.15) is 72.6 Å². The standard InChI is InChI=1S/C28H41N/c1-6-8-15-27(25(5)29-19-11-9-10-12-20-29)16-13-14-26(7-2)22-28-21-23(3)17-18-24(28)4/h7-8,15-18,21-22,24H,5-6,9-14,19-20H2,1-4H3/b15-8-,26-7-,27-16+,28-22-. The molecule has 158 valence electrons. The van der Waals surface area contributed by atoms with Crippen LogP contribution >= 0.6 is 0 Å². The first-order valence-electron chi connectivity index (χ1n) is 11.6. The van der Waals surface area contributed by atoms with Gasteiger partial charge in [-0.05, 0) is 63.0 Å². The van der Waals surface area contributed by atoms with Gasteiger partial charge in [0.1, 0.15) is 0 Å². The highest BCUT2D eigenvalue weighted by atomic mass is 15.1. The molecule has 0 aromatic rings. The van der Waals surface area contributed by atoms with Crippen molar-refractivity contribution >= 4 is 0 Å². The van der Waals surface area contributed by atoms with E-state index in [0.29, 0.717) is 5.92 Å². The summed E-state index contributed by atoms with van der Waals surface area (Å²) >= 11 is 0. The summed E-state index contributed by atoms with van der Waals surface area (Å²) in [6.45, 7) is 15.6. The second-order valence-corrected chi connectivity index (χ2v) is 8.40. The minimum Gasteiger partial charge on any atom is -0.372 e. The molecular weight excluding hydrogens is 350 g/mol. The summed E-state index contributed by atoms with van der Waals surface area (Å²) in [5, 5.41) is 0. The first kappa shape index (κ1) is 23.3. The quantitative estimate of drug-likeness (QED) is 0.378. The van der Waals surface area contributed by atoms with Crippen molar-refractivity contribution in [3.63, 3.8) is 0 Å². The molecule has 0 spiro atoms. The summed E-state index contributed by atoms with van der Waals surface area (Å²) in [6, 6.07) is 0. The lowest BCUT2D eigenvalue weighted by Crippen LogP contribution is -2.24. The van der Waals surface area contributed by atoms with E-state index < -0.39 is 0 Å². The number of allylic oxidation sites excluding steroid dienone is 11. The van der Waals surface area contributed by atoms with E-state index in [9.17, 15) is 0 Å². The van der Waals surface area contributed by atoms with Gasteiger partial charge in [0.2, 0.25) is 0 Å². The minimum absolute atomic E-state index is 0.495. The van der Waals surface area contributed by atoms with Gasteiger partial charge in [0.25, 0.3) is 0 Å². The highest BCUT2D eigenvalue weighted by molar-refractivity contribution is 5.42. The Kier molecular flexibility index (Phi) is 10.0. The monoisotopic (exact) mass is 391 g/mol. The average Bonchev–Trinajstić information content (AvgIpc) is 3.01. The van der Waals surface area contributed by atoms with Crippen molar-refractivity contribution in [3.05, 3.63) is 83.2 Å². The Morgan fingerprint density at radius 2 is 1.93 bits per heavy atom. The molecule has 0 bridgehead atoms. The predicted molar refractivity (Wildman–Crippen MR) is 130 cm³/mol. The summed E-state index contributed by atoms with van der Waals surface area (Å²) in [7, 11) is 0. The molecule has 2 rings (SSSR count). The summed E-state index contributed by atoms with van der Waals surface area (Å²) < 4.78 is 0. The van der Waals surface area contributed by atoms with Crippen LogP contribution in [0.15, 0.2) is 83.2 Å². The van der Waals surface area contributed by atoms with Gasteiger partial charge in [0, 0.05) is 18.8 Å². The Labute approximate surface area is 180 Å². The topological polar surface area (TPSA) is 3.24 Å². The first-order chi connectivity index (χ1) is 14.0. The summed E-state index contributed by atoms with van der Waals surface area (Å²) in [5.74, 6) is 0.495. The molecule has 1 heteroatoms. The van der Waals surface area contributed by atoms with E-state index >= 15 is 0 Å². The maximum Gasteiger partial charge on any atom is 0.0363 e. The van der Waals surface area contributed by atoms with Crippen molar-refractivity contribution < 1.29 is 0 Å². The third-order valence-corrected chi connectivity index (χ3v) is 5.94. The molecule has 1 fully saturated rings. The fourth-order valence-electron chi connectivity index (χ4n) is 3.98. The summed E-state index contributed by atoms with van der Waals surface area (Å²) in [6.07, 6.45) is 26.9. The van der Waals surface area contributed by atoms with Gasteiger partial charge in [-0.2, -0.15) is 0 Å². The molecule has 0 aromatic carbocycles.